The Morgan fingerprint density at radius 2 is 2.25 bits per heavy atom. The highest BCUT2D eigenvalue weighted by Crippen LogP contribution is 2.33. The normalized spacial score (nSPS) is 17.1. The van der Waals surface area contributed by atoms with E-state index in [1.807, 2.05) is 0 Å². The van der Waals surface area contributed by atoms with Crippen molar-refractivity contribution >= 4 is 50.6 Å². The van der Waals surface area contributed by atoms with Gasteiger partial charge in [0, 0.05) is 23.7 Å². The van der Waals surface area contributed by atoms with Gasteiger partial charge in [-0.1, -0.05) is 18.5 Å². The zero-order valence-corrected chi connectivity index (χ0v) is 17.0. The van der Waals surface area contributed by atoms with Crippen LogP contribution in [0.25, 0.3) is 10.2 Å². The Labute approximate surface area is 171 Å². The Bertz CT molecular complexity index is 1020. The van der Waals surface area contributed by atoms with E-state index in [0.717, 1.165) is 41.8 Å². The fourth-order valence-electron chi connectivity index (χ4n) is 3.52. The van der Waals surface area contributed by atoms with Gasteiger partial charge in [-0.05, 0) is 43.5 Å². The molecular weight excluding hydrogens is 399 g/mol. The van der Waals surface area contributed by atoms with Crippen LogP contribution in [0.4, 0.5) is 15.9 Å². The van der Waals surface area contributed by atoms with Gasteiger partial charge in [-0.2, -0.15) is 0 Å². The second kappa shape index (κ2) is 8.01. The largest absolute Gasteiger partial charge is 0.355 e. The predicted molar refractivity (Wildman–Crippen MR) is 112 cm³/mol. The van der Waals surface area contributed by atoms with Crippen LogP contribution < -0.4 is 10.2 Å². The molecule has 28 heavy (non-hydrogen) atoms. The van der Waals surface area contributed by atoms with Crippen LogP contribution in [0.5, 0.6) is 0 Å². The SMILES string of the molecule is CCc1cc2c(N3CCCC(C(=O)Nc4ccc(F)c(Cl)c4)C3)ncnc2s1. The number of fused-ring (bicyclic) bond motifs is 1. The summed E-state index contributed by atoms with van der Waals surface area (Å²) in [6.45, 7) is 3.57. The Morgan fingerprint density at radius 1 is 1.39 bits per heavy atom. The van der Waals surface area contributed by atoms with Crippen LogP contribution in [0.3, 0.4) is 0 Å². The molecule has 0 aliphatic carbocycles. The average Bonchev–Trinajstić information content (AvgIpc) is 3.14. The number of aryl methyl sites for hydroxylation is 1. The minimum Gasteiger partial charge on any atom is -0.355 e. The van der Waals surface area contributed by atoms with Gasteiger partial charge in [-0.25, -0.2) is 14.4 Å². The molecule has 4 rings (SSSR count). The first-order chi connectivity index (χ1) is 13.5. The first-order valence-corrected chi connectivity index (χ1v) is 10.5. The van der Waals surface area contributed by atoms with Crippen molar-refractivity contribution in [3.05, 3.63) is 46.3 Å². The molecule has 3 aromatic rings. The van der Waals surface area contributed by atoms with Crippen molar-refractivity contribution in [3.8, 4) is 0 Å². The van der Waals surface area contributed by atoms with Crippen LogP contribution in [0, 0.1) is 11.7 Å². The summed E-state index contributed by atoms with van der Waals surface area (Å²) in [6, 6.07) is 6.36. The number of benzene rings is 1. The molecule has 0 spiro atoms. The van der Waals surface area contributed by atoms with E-state index in [0.29, 0.717) is 12.2 Å². The van der Waals surface area contributed by atoms with Crippen LogP contribution in [0.1, 0.15) is 24.6 Å². The third-order valence-corrected chi connectivity index (χ3v) is 6.46. The van der Waals surface area contributed by atoms with Gasteiger partial charge in [0.05, 0.1) is 16.3 Å². The number of anilines is 2. The molecule has 5 nitrogen and oxygen atoms in total. The number of amides is 1. The molecule has 1 amide bonds. The lowest BCUT2D eigenvalue weighted by Crippen LogP contribution is -2.41. The number of carbonyl (C=O) groups excluding carboxylic acids is 1. The maximum Gasteiger partial charge on any atom is 0.229 e. The van der Waals surface area contributed by atoms with Gasteiger partial charge in [0.15, 0.2) is 0 Å². The molecule has 1 aliphatic rings. The van der Waals surface area contributed by atoms with E-state index in [4.69, 9.17) is 11.6 Å². The van der Waals surface area contributed by atoms with E-state index in [1.54, 1.807) is 17.7 Å². The number of nitrogens with one attached hydrogen (secondary N) is 1. The highest BCUT2D eigenvalue weighted by Gasteiger charge is 2.28. The molecule has 1 aromatic carbocycles. The monoisotopic (exact) mass is 418 g/mol. The summed E-state index contributed by atoms with van der Waals surface area (Å²) in [5, 5.41) is 3.90. The van der Waals surface area contributed by atoms with Crippen molar-refractivity contribution in [2.45, 2.75) is 26.2 Å². The van der Waals surface area contributed by atoms with E-state index < -0.39 is 5.82 Å². The second-order valence-corrected chi connectivity index (χ2v) is 8.41. The van der Waals surface area contributed by atoms with E-state index in [2.05, 4.69) is 33.2 Å². The van der Waals surface area contributed by atoms with Crippen LogP contribution in [0.2, 0.25) is 5.02 Å². The van der Waals surface area contributed by atoms with Gasteiger partial charge in [-0.3, -0.25) is 4.79 Å². The molecule has 8 heteroatoms. The maximum atomic E-state index is 13.3. The maximum absolute atomic E-state index is 13.3. The number of hydrogen-bond acceptors (Lipinski definition) is 5. The van der Waals surface area contributed by atoms with E-state index >= 15 is 0 Å². The lowest BCUT2D eigenvalue weighted by Gasteiger charge is -2.33. The quantitative estimate of drug-likeness (QED) is 0.654. The van der Waals surface area contributed by atoms with Gasteiger partial charge < -0.3 is 10.2 Å². The zero-order chi connectivity index (χ0) is 19.7. The van der Waals surface area contributed by atoms with Crippen molar-refractivity contribution < 1.29 is 9.18 Å². The molecular formula is C20H20ClFN4OS. The van der Waals surface area contributed by atoms with Crippen molar-refractivity contribution in [1.82, 2.24) is 9.97 Å². The number of rotatable bonds is 4. The summed E-state index contributed by atoms with van der Waals surface area (Å²) in [7, 11) is 0. The number of aromatic nitrogens is 2. The number of carbonyl (C=O) groups is 1. The van der Waals surface area contributed by atoms with Crippen molar-refractivity contribution in [2.24, 2.45) is 5.92 Å². The molecule has 1 fully saturated rings. The Kier molecular flexibility index (Phi) is 5.46. The molecule has 1 unspecified atom stereocenters. The first-order valence-electron chi connectivity index (χ1n) is 9.29. The summed E-state index contributed by atoms with van der Waals surface area (Å²) in [6.07, 6.45) is 4.26. The number of halogens is 2. The fraction of sp³-hybridized carbons (Fsp3) is 0.350. The molecule has 3 heterocycles. The Hall–Kier alpha value is -2.25. The second-order valence-electron chi connectivity index (χ2n) is 6.89. The highest BCUT2D eigenvalue weighted by molar-refractivity contribution is 7.18. The predicted octanol–water partition coefficient (Wildman–Crippen LogP) is 4.90. The Balaban J connectivity index is 1.52. The summed E-state index contributed by atoms with van der Waals surface area (Å²) in [5.74, 6) is 0.130. The topological polar surface area (TPSA) is 58.1 Å². The molecule has 1 aliphatic heterocycles. The molecule has 146 valence electrons. The lowest BCUT2D eigenvalue weighted by atomic mass is 9.97. The van der Waals surface area contributed by atoms with Crippen molar-refractivity contribution in [1.29, 1.82) is 0 Å². The van der Waals surface area contributed by atoms with Gasteiger partial charge in [0.25, 0.3) is 0 Å². The van der Waals surface area contributed by atoms with Crippen LogP contribution >= 0.6 is 22.9 Å². The van der Waals surface area contributed by atoms with E-state index in [1.165, 1.54) is 23.1 Å². The highest BCUT2D eigenvalue weighted by atomic mass is 35.5. The third kappa shape index (κ3) is 3.82. The Morgan fingerprint density at radius 3 is 3.04 bits per heavy atom. The molecule has 1 atom stereocenters. The summed E-state index contributed by atoms with van der Waals surface area (Å²) in [4.78, 5) is 26.1. The number of piperidine rings is 1. The number of nitrogens with zero attached hydrogens (tertiary/aromatic N) is 3. The van der Waals surface area contributed by atoms with E-state index in [9.17, 15) is 9.18 Å². The first kappa shape index (κ1) is 19.1. The van der Waals surface area contributed by atoms with Gasteiger partial charge in [-0.15, -0.1) is 11.3 Å². The standard InChI is InChI=1S/C20H20ClFN4OS/c1-2-14-9-15-18(23-11-24-20(15)28-14)26-7-3-4-12(10-26)19(27)25-13-5-6-17(22)16(21)8-13/h5-6,8-9,11-12H,2-4,7,10H2,1H3,(H,25,27). The zero-order valence-electron chi connectivity index (χ0n) is 15.4. The fourth-order valence-corrected chi connectivity index (χ4v) is 4.63. The van der Waals surface area contributed by atoms with Crippen molar-refractivity contribution in [3.63, 3.8) is 0 Å². The molecule has 2 aromatic heterocycles. The minimum absolute atomic E-state index is 0.00404. The van der Waals surface area contributed by atoms with Crippen molar-refractivity contribution in [2.75, 3.05) is 23.3 Å². The lowest BCUT2D eigenvalue weighted by molar-refractivity contribution is -0.120. The molecule has 0 saturated carbocycles. The number of hydrogen-bond donors (Lipinski definition) is 1. The molecule has 1 N–H and O–H groups in total. The summed E-state index contributed by atoms with van der Waals surface area (Å²) >= 11 is 7.49. The van der Waals surface area contributed by atoms with E-state index in [-0.39, 0.29) is 16.8 Å². The molecule has 0 radical (unpaired) electrons. The smallest absolute Gasteiger partial charge is 0.229 e. The van der Waals surface area contributed by atoms with Crippen LogP contribution in [-0.4, -0.2) is 29.0 Å². The molecule has 1 saturated heterocycles. The third-order valence-electron chi connectivity index (χ3n) is 4.99. The van der Waals surface area contributed by atoms with Crippen LogP contribution in [-0.2, 0) is 11.2 Å². The number of thiophene rings is 1. The average molecular weight is 419 g/mol. The molecule has 0 bridgehead atoms. The van der Waals surface area contributed by atoms with Gasteiger partial charge >= 0.3 is 0 Å². The van der Waals surface area contributed by atoms with Gasteiger partial charge in [0.1, 0.15) is 22.8 Å². The minimum atomic E-state index is -0.501. The summed E-state index contributed by atoms with van der Waals surface area (Å²) in [5.41, 5.74) is 0.503. The van der Waals surface area contributed by atoms with Crippen LogP contribution in [0.15, 0.2) is 30.6 Å². The van der Waals surface area contributed by atoms with Gasteiger partial charge in [0.2, 0.25) is 5.91 Å². The summed E-state index contributed by atoms with van der Waals surface area (Å²) < 4.78 is 13.3.